The molecule has 0 spiro atoms. The summed E-state index contributed by atoms with van der Waals surface area (Å²) in [7, 11) is 0. The van der Waals surface area contributed by atoms with Gasteiger partial charge in [-0.3, -0.25) is 4.79 Å². The van der Waals surface area contributed by atoms with Crippen LogP contribution >= 0.6 is 27.3 Å². The minimum atomic E-state index is -0.335. The van der Waals surface area contributed by atoms with Crippen LogP contribution in [0.15, 0.2) is 51.8 Å². The number of nitriles is 1. The summed E-state index contributed by atoms with van der Waals surface area (Å²) in [6, 6.07) is 13.7. The second kappa shape index (κ2) is 7.77. The zero-order chi connectivity index (χ0) is 15.1. The maximum Gasteiger partial charge on any atom is 0.261 e. The van der Waals surface area contributed by atoms with Gasteiger partial charge in [0, 0.05) is 21.3 Å². The first-order chi connectivity index (χ1) is 10.2. The number of carbonyl (C=O) groups is 1. The number of carbonyl (C=O) groups excluding carboxylic acids is 1. The van der Waals surface area contributed by atoms with Gasteiger partial charge >= 0.3 is 0 Å². The molecular formula is C16H13BrN2OS. The highest BCUT2D eigenvalue weighted by atomic mass is 79.9. The van der Waals surface area contributed by atoms with Crippen LogP contribution < -0.4 is 5.32 Å². The Balaban J connectivity index is 1.92. The van der Waals surface area contributed by atoms with Crippen molar-refractivity contribution in [3.8, 4) is 6.07 Å². The van der Waals surface area contributed by atoms with E-state index in [4.69, 9.17) is 5.26 Å². The average Bonchev–Trinajstić information content (AvgIpc) is 2.91. The molecule has 21 heavy (non-hydrogen) atoms. The van der Waals surface area contributed by atoms with Crippen LogP contribution in [0.4, 0.5) is 0 Å². The summed E-state index contributed by atoms with van der Waals surface area (Å²) in [4.78, 5) is 12.8. The summed E-state index contributed by atoms with van der Waals surface area (Å²) in [6.45, 7) is 0.510. The van der Waals surface area contributed by atoms with E-state index in [1.165, 1.54) is 11.3 Å². The van der Waals surface area contributed by atoms with Gasteiger partial charge in [0.1, 0.15) is 11.6 Å². The van der Waals surface area contributed by atoms with Crippen LogP contribution in [0, 0.1) is 11.3 Å². The molecule has 0 bridgehead atoms. The Labute approximate surface area is 136 Å². The topological polar surface area (TPSA) is 52.9 Å². The lowest BCUT2D eigenvalue weighted by Gasteiger charge is -2.04. The molecule has 0 saturated carbocycles. The molecule has 1 aromatic carbocycles. The van der Waals surface area contributed by atoms with Gasteiger partial charge in [-0.05, 0) is 40.1 Å². The lowest BCUT2D eigenvalue weighted by Crippen LogP contribution is -2.26. The highest BCUT2D eigenvalue weighted by Gasteiger charge is 2.09. The summed E-state index contributed by atoms with van der Waals surface area (Å²) in [5, 5.41) is 13.8. The van der Waals surface area contributed by atoms with E-state index >= 15 is 0 Å². The monoisotopic (exact) mass is 360 g/mol. The molecule has 0 saturated heterocycles. The average molecular weight is 361 g/mol. The molecule has 1 aromatic heterocycles. The van der Waals surface area contributed by atoms with Crippen molar-refractivity contribution in [2.75, 3.05) is 6.54 Å². The minimum Gasteiger partial charge on any atom is -0.351 e. The van der Waals surface area contributed by atoms with Crippen molar-refractivity contribution in [3.63, 3.8) is 0 Å². The van der Waals surface area contributed by atoms with Gasteiger partial charge in [-0.2, -0.15) is 5.26 Å². The van der Waals surface area contributed by atoms with E-state index in [0.29, 0.717) is 6.54 Å². The minimum absolute atomic E-state index is 0.123. The first-order valence-corrected chi connectivity index (χ1v) is 8.04. The van der Waals surface area contributed by atoms with E-state index < -0.39 is 0 Å². The molecule has 1 N–H and O–H groups in total. The molecule has 0 fully saturated rings. The van der Waals surface area contributed by atoms with E-state index in [1.54, 1.807) is 6.08 Å². The van der Waals surface area contributed by atoms with Gasteiger partial charge in [0.2, 0.25) is 0 Å². The predicted molar refractivity (Wildman–Crippen MR) is 88.8 cm³/mol. The molecule has 5 heteroatoms. The molecule has 2 aromatic rings. The highest BCUT2D eigenvalue weighted by molar-refractivity contribution is 9.10. The van der Waals surface area contributed by atoms with E-state index in [2.05, 4.69) is 21.2 Å². The molecule has 3 nitrogen and oxygen atoms in total. The number of halogens is 1. The zero-order valence-electron chi connectivity index (χ0n) is 11.2. The molecule has 2 rings (SSSR count). The fourth-order valence-corrected chi connectivity index (χ4v) is 3.13. The number of thiophene rings is 1. The first kappa shape index (κ1) is 15.5. The Morgan fingerprint density at radius 1 is 1.38 bits per heavy atom. The highest BCUT2D eigenvalue weighted by Crippen LogP contribution is 2.22. The Bertz CT molecular complexity index is 686. The van der Waals surface area contributed by atoms with E-state index in [-0.39, 0.29) is 11.5 Å². The molecule has 0 aliphatic rings. The van der Waals surface area contributed by atoms with Crippen molar-refractivity contribution < 1.29 is 4.79 Å². The first-order valence-electron chi connectivity index (χ1n) is 6.37. The second-order valence-corrected chi connectivity index (χ2v) is 6.19. The number of nitrogens with one attached hydrogen (secondary N) is 1. The molecule has 0 aliphatic heterocycles. The Hall–Kier alpha value is -1.90. The smallest absolute Gasteiger partial charge is 0.261 e. The molecule has 1 amide bonds. The summed E-state index contributed by atoms with van der Waals surface area (Å²) in [6.07, 6.45) is 2.35. The molecule has 0 radical (unpaired) electrons. The fraction of sp³-hybridized carbons (Fsp3) is 0.125. The summed E-state index contributed by atoms with van der Waals surface area (Å²) >= 11 is 4.82. The number of amides is 1. The maximum atomic E-state index is 12.0. The van der Waals surface area contributed by atoms with Gasteiger partial charge in [-0.15, -0.1) is 11.3 Å². The normalized spacial score (nSPS) is 11.0. The van der Waals surface area contributed by atoms with E-state index in [9.17, 15) is 4.79 Å². The largest absolute Gasteiger partial charge is 0.351 e. The van der Waals surface area contributed by atoms with Crippen molar-refractivity contribution in [3.05, 3.63) is 62.3 Å². The van der Waals surface area contributed by atoms with E-state index in [0.717, 1.165) is 21.3 Å². The van der Waals surface area contributed by atoms with Gasteiger partial charge in [-0.25, -0.2) is 0 Å². The van der Waals surface area contributed by atoms with Crippen LogP contribution in [-0.2, 0) is 11.2 Å². The molecule has 0 unspecified atom stereocenters. The molecular weight excluding hydrogens is 348 g/mol. The lowest BCUT2D eigenvalue weighted by atomic mass is 10.1. The van der Waals surface area contributed by atoms with Crippen molar-refractivity contribution in [1.29, 1.82) is 5.26 Å². The number of nitrogens with zero attached hydrogens (tertiary/aromatic N) is 1. The third kappa shape index (κ3) is 4.85. The molecule has 106 valence electrons. The second-order valence-electron chi connectivity index (χ2n) is 4.33. The summed E-state index contributed by atoms with van der Waals surface area (Å²) < 4.78 is 0.945. The Morgan fingerprint density at radius 3 is 2.76 bits per heavy atom. The standard InChI is InChI=1S/C16H13BrN2OS/c17-14-9-15(21-11-14)8-13(10-18)16(20)19-7-6-12-4-2-1-3-5-12/h1-5,8-9,11H,6-7H2,(H,19,20)/b13-8+. The van der Waals surface area contributed by atoms with Crippen molar-refractivity contribution in [2.45, 2.75) is 6.42 Å². The lowest BCUT2D eigenvalue weighted by molar-refractivity contribution is -0.117. The molecule has 0 atom stereocenters. The third-order valence-corrected chi connectivity index (χ3v) is 4.42. The fourth-order valence-electron chi connectivity index (χ4n) is 1.76. The number of hydrogen-bond acceptors (Lipinski definition) is 3. The van der Waals surface area contributed by atoms with Gasteiger partial charge in [0.15, 0.2) is 0 Å². The SMILES string of the molecule is N#C/C(=C\c1cc(Br)cs1)C(=O)NCCc1ccccc1. The van der Waals surface area contributed by atoms with Gasteiger partial charge < -0.3 is 5.32 Å². The van der Waals surface area contributed by atoms with Crippen LogP contribution in [0.5, 0.6) is 0 Å². The summed E-state index contributed by atoms with van der Waals surface area (Å²) in [5.74, 6) is -0.335. The maximum absolute atomic E-state index is 12.0. The van der Waals surface area contributed by atoms with Crippen molar-refractivity contribution in [1.82, 2.24) is 5.32 Å². The Kier molecular flexibility index (Phi) is 5.73. The quantitative estimate of drug-likeness (QED) is 0.651. The molecule has 0 aliphatic carbocycles. The zero-order valence-corrected chi connectivity index (χ0v) is 13.6. The van der Waals surface area contributed by atoms with Crippen LogP contribution in [0.3, 0.4) is 0 Å². The predicted octanol–water partition coefficient (Wildman–Crippen LogP) is 3.78. The van der Waals surface area contributed by atoms with Crippen molar-refractivity contribution in [2.24, 2.45) is 0 Å². The van der Waals surface area contributed by atoms with Crippen LogP contribution in [-0.4, -0.2) is 12.5 Å². The Morgan fingerprint density at radius 2 is 2.14 bits per heavy atom. The number of rotatable bonds is 5. The number of hydrogen-bond donors (Lipinski definition) is 1. The summed E-state index contributed by atoms with van der Waals surface area (Å²) in [5.41, 5.74) is 1.28. The van der Waals surface area contributed by atoms with Gasteiger partial charge in [-0.1, -0.05) is 30.3 Å². The third-order valence-electron chi connectivity index (χ3n) is 2.78. The van der Waals surface area contributed by atoms with E-state index in [1.807, 2.05) is 47.8 Å². The van der Waals surface area contributed by atoms with Crippen LogP contribution in [0.2, 0.25) is 0 Å². The molecule has 1 heterocycles. The van der Waals surface area contributed by atoms with Gasteiger partial charge in [0.05, 0.1) is 0 Å². The number of benzene rings is 1. The van der Waals surface area contributed by atoms with Crippen molar-refractivity contribution >= 4 is 39.2 Å². The van der Waals surface area contributed by atoms with Crippen LogP contribution in [0.25, 0.3) is 6.08 Å². The van der Waals surface area contributed by atoms with Gasteiger partial charge in [0.25, 0.3) is 5.91 Å². The van der Waals surface area contributed by atoms with Crippen LogP contribution in [0.1, 0.15) is 10.4 Å².